The van der Waals surface area contributed by atoms with Gasteiger partial charge in [0.15, 0.2) is 6.23 Å². The number of anilines is 1. The van der Waals surface area contributed by atoms with Crippen molar-refractivity contribution in [2.24, 2.45) is 0 Å². The zero-order chi connectivity index (χ0) is 22.5. The first-order valence-electron chi connectivity index (χ1n) is 10.3. The molecule has 1 aliphatic rings. The van der Waals surface area contributed by atoms with Gasteiger partial charge in [0.25, 0.3) is 5.56 Å². The Kier molecular flexibility index (Phi) is 4.89. The highest BCUT2D eigenvalue weighted by Crippen LogP contribution is 2.34. The van der Waals surface area contributed by atoms with Crippen molar-refractivity contribution in [2.45, 2.75) is 38.2 Å². The van der Waals surface area contributed by atoms with Gasteiger partial charge in [-0.3, -0.25) is 14.3 Å². The normalized spacial score (nSPS) is 17.3. The van der Waals surface area contributed by atoms with Crippen LogP contribution < -0.4 is 11.3 Å². The topological polar surface area (TPSA) is 88.0 Å². The minimum atomic E-state index is -4.57. The molecule has 5 rings (SSSR count). The number of rotatable bonds is 3. The molecule has 32 heavy (non-hydrogen) atoms. The van der Waals surface area contributed by atoms with E-state index in [1.807, 2.05) is 0 Å². The summed E-state index contributed by atoms with van der Waals surface area (Å²) >= 11 is 0. The van der Waals surface area contributed by atoms with Crippen LogP contribution in [0, 0.1) is 0 Å². The van der Waals surface area contributed by atoms with Crippen molar-refractivity contribution in [2.75, 3.05) is 12.3 Å². The fourth-order valence-electron chi connectivity index (χ4n) is 4.31. The van der Waals surface area contributed by atoms with Crippen molar-refractivity contribution in [3.05, 3.63) is 53.2 Å². The van der Waals surface area contributed by atoms with E-state index in [0.717, 1.165) is 23.8 Å². The van der Waals surface area contributed by atoms with Crippen LogP contribution in [0.4, 0.5) is 18.9 Å². The molecule has 166 valence electrons. The van der Waals surface area contributed by atoms with Crippen molar-refractivity contribution in [1.29, 1.82) is 0 Å². The summed E-state index contributed by atoms with van der Waals surface area (Å²) in [6, 6.07) is 6.73. The Labute approximate surface area is 180 Å². The van der Waals surface area contributed by atoms with Crippen molar-refractivity contribution in [1.82, 2.24) is 19.3 Å². The molecule has 0 radical (unpaired) electrons. The average molecular weight is 443 g/mol. The van der Waals surface area contributed by atoms with Gasteiger partial charge in [0.05, 0.1) is 34.5 Å². The largest absolute Gasteiger partial charge is 0.406 e. The lowest BCUT2D eigenvalue weighted by Crippen LogP contribution is -2.29. The first-order valence-corrected chi connectivity index (χ1v) is 10.3. The van der Waals surface area contributed by atoms with Gasteiger partial charge in [-0.25, -0.2) is 4.68 Å². The summed E-state index contributed by atoms with van der Waals surface area (Å²) in [4.78, 5) is 17.1. The van der Waals surface area contributed by atoms with Crippen molar-refractivity contribution >= 4 is 27.5 Å². The number of benzene rings is 1. The summed E-state index contributed by atoms with van der Waals surface area (Å²) in [5.74, 6) is 0. The second-order valence-electron chi connectivity index (χ2n) is 7.87. The summed E-state index contributed by atoms with van der Waals surface area (Å²) in [5, 5.41) is 4.96. The second-order valence-corrected chi connectivity index (χ2v) is 7.87. The number of nitrogen functional groups attached to an aromatic ring is 1. The van der Waals surface area contributed by atoms with Crippen LogP contribution in [0.15, 0.2) is 47.7 Å². The molecule has 10 heteroatoms. The van der Waals surface area contributed by atoms with E-state index in [9.17, 15) is 18.0 Å². The second kappa shape index (κ2) is 7.63. The molecule has 4 heterocycles. The number of hydrogen-bond acceptors (Lipinski definition) is 5. The number of alkyl halides is 3. The standard InChI is InChI=1S/C22H20F3N5O2/c23-22(24,25)12-29-18-9-13(14-6-7-27-11-17(14)26)4-5-15(18)20-16(21(29)31)10-28-30(20)19-3-1-2-8-32-19/h4-7,9-11,19H,1-3,8,12,26H2. The molecule has 3 aromatic heterocycles. The van der Waals surface area contributed by atoms with E-state index in [2.05, 4.69) is 10.1 Å². The fourth-order valence-corrected chi connectivity index (χ4v) is 4.31. The van der Waals surface area contributed by atoms with Crippen molar-refractivity contribution < 1.29 is 17.9 Å². The summed E-state index contributed by atoms with van der Waals surface area (Å²) in [6.45, 7) is -0.834. The number of hydrogen-bond donors (Lipinski definition) is 1. The molecule has 1 atom stereocenters. The molecule has 0 amide bonds. The molecule has 0 bridgehead atoms. The quantitative estimate of drug-likeness (QED) is 0.511. The van der Waals surface area contributed by atoms with Crippen LogP contribution in [0.5, 0.6) is 0 Å². The van der Waals surface area contributed by atoms with Gasteiger partial charge in [-0.1, -0.05) is 12.1 Å². The van der Waals surface area contributed by atoms with E-state index in [0.29, 0.717) is 34.3 Å². The molecule has 1 aromatic carbocycles. The Morgan fingerprint density at radius 2 is 2.00 bits per heavy atom. The summed E-state index contributed by atoms with van der Waals surface area (Å²) in [6.07, 6.45) is 2.02. The summed E-state index contributed by atoms with van der Waals surface area (Å²) in [5.41, 5.74) is 7.51. The van der Waals surface area contributed by atoms with Gasteiger partial charge >= 0.3 is 6.18 Å². The number of ether oxygens (including phenoxy) is 1. The van der Waals surface area contributed by atoms with Crippen LogP contribution in [-0.2, 0) is 11.3 Å². The van der Waals surface area contributed by atoms with Crippen LogP contribution in [0.3, 0.4) is 0 Å². The van der Waals surface area contributed by atoms with E-state index in [4.69, 9.17) is 10.5 Å². The van der Waals surface area contributed by atoms with Crippen molar-refractivity contribution in [3.63, 3.8) is 0 Å². The molecular weight excluding hydrogens is 423 g/mol. The van der Waals surface area contributed by atoms with E-state index >= 15 is 0 Å². The van der Waals surface area contributed by atoms with Gasteiger partial charge in [-0.2, -0.15) is 18.3 Å². The molecule has 1 saturated heterocycles. The zero-order valence-electron chi connectivity index (χ0n) is 17.0. The van der Waals surface area contributed by atoms with E-state index in [1.54, 1.807) is 35.1 Å². The maximum atomic E-state index is 13.4. The van der Waals surface area contributed by atoms with Crippen molar-refractivity contribution in [3.8, 4) is 11.1 Å². The number of nitrogens with zero attached hydrogens (tertiary/aromatic N) is 4. The first-order chi connectivity index (χ1) is 15.3. The highest BCUT2D eigenvalue weighted by atomic mass is 19.4. The number of halogens is 3. The molecule has 1 fully saturated rings. The molecule has 0 aliphatic carbocycles. The van der Waals surface area contributed by atoms with E-state index in [1.165, 1.54) is 12.4 Å². The molecule has 2 N–H and O–H groups in total. The average Bonchev–Trinajstić information content (AvgIpc) is 3.22. The van der Waals surface area contributed by atoms with Crippen LogP contribution >= 0.6 is 0 Å². The monoisotopic (exact) mass is 443 g/mol. The van der Waals surface area contributed by atoms with Gasteiger partial charge in [0.2, 0.25) is 0 Å². The van der Waals surface area contributed by atoms with Crippen LogP contribution in [-0.4, -0.2) is 32.1 Å². The Hall–Kier alpha value is -3.40. The lowest BCUT2D eigenvalue weighted by Gasteiger charge is -2.24. The third-order valence-electron chi connectivity index (χ3n) is 5.74. The van der Waals surface area contributed by atoms with Gasteiger partial charge in [-0.05, 0) is 37.0 Å². The fraction of sp³-hybridized carbons (Fsp3) is 0.318. The number of nitrogens with two attached hydrogens (primary N) is 1. The summed E-state index contributed by atoms with van der Waals surface area (Å²) in [7, 11) is 0. The lowest BCUT2D eigenvalue weighted by atomic mass is 10.0. The maximum absolute atomic E-state index is 13.4. The smallest absolute Gasteiger partial charge is 0.397 e. The Bertz CT molecular complexity index is 1370. The van der Waals surface area contributed by atoms with Crippen LogP contribution in [0.2, 0.25) is 0 Å². The minimum Gasteiger partial charge on any atom is -0.397 e. The highest BCUT2D eigenvalue weighted by molar-refractivity contribution is 6.05. The van der Waals surface area contributed by atoms with E-state index in [-0.39, 0.29) is 17.1 Å². The molecular formula is C22H20F3N5O2. The predicted molar refractivity (Wildman–Crippen MR) is 114 cm³/mol. The first kappa shape index (κ1) is 20.5. The van der Waals surface area contributed by atoms with Gasteiger partial charge in [-0.15, -0.1) is 0 Å². The molecule has 1 aliphatic heterocycles. The highest BCUT2D eigenvalue weighted by Gasteiger charge is 2.31. The molecule has 0 saturated carbocycles. The molecule has 1 unspecified atom stereocenters. The predicted octanol–water partition coefficient (Wildman–Crippen LogP) is 4.26. The van der Waals surface area contributed by atoms with Gasteiger partial charge in [0.1, 0.15) is 6.54 Å². The number of fused-ring (bicyclic) bond motifs is 3. The third-order valence-corrected chi connectivity index (χ3v) is 5.74. The zero-order valence-corrected chi connectivity index (χ0v) is 17.0. The van der Waals surface area contributed by atoms with Crippen LogP contribution in [0.1, 0.15) is 25.5 Å². The number of aromatic nitrogens is 4. The SMILES string of the molecule is Nc1cnccc1-c1ccc2c3c(cnn3C3CCCCO3)c(=O)n(CC(F)(F)F)c2c1. The lowest BCUT2D eigenvalue weighted by molar-refractivity contribution is -0.140. The van der Waals surface area contributed by atoms with E-state index < -0.39 is 18.3 Å². The van der Waals surface area contributed by atoms with Gasteiger partial charge < -0.3 is 10.5 Å². The Morgan fingerprint density at radius 3 is 2.72 bits per heavy atom. The Morgan fingerprint density at radius 1 is 1.16 bits per heavy atom. The Balaban J connectivity index is 1.82. The summed E-state index contributed by atoms with van der Waals surface area (Å²) < 4.78 is 48.4. The van der Waals surface area contributed by atoms with Crippen LogP contribution in [0.25, 0.3) is 32.9 Å². The van der Waals surface area contributed by atoms with Gasteiger partial charge in [0, 0.05) is 23.8 Å². The molecule has 7 nitrogen and oxygen atoms in total. The minimum absolute atomic E-state index is 0.132. The molecule has 0 spiro atoms. The number of pyridine rings is 2. The molecule has 4 aromatic rings. The third kappa shape index (κ3) is 3.50. The maximum Gasteiger partial charge on any atom is 0.406 e.